The van der Waals surface area contributed by atoms with Gasteiger partial charge in [-0.05, 0) is 41.2 Å². The first-order valence-corrected chi connectivity index (χ1v) is 10.1. The number of nitrogens with zero attached hydrogens (tertiary/aromatic N) is 1. The molecule has 2 rings (SSSR count). The minimum absolute atomic E-state index is 0.102. The van der Waals surface area contributed by atoms with Gasteiger partial charge in [0.15, 0.2) is 0 Å². The fourth-order valence-corrected chi connectivity index (χ4v) is 3.20. The molecule has 0 aliphatic rings. The zero-order valence-electron chi connectivity index (χ0n) is 15.7. The summed E-state index contributed by atoms with van der Waals surface area (Å²) in [5.74, 6) is 1.03. The number of amides is 1. The standard InChI is InChI=1S/C21H25ClN2OS/c1-15(17-7-9-18(10-8-17)21(2,3)4)23-24-20(25)14-26-13-16-5-11-19(22)12-6-16/h5-12H,13-14H2,1-4H3,(H,24,25)/b23-15+. The average Bonchev–Trinajstić information content (AvgIpc) is 2.61. The maximum atomic E-state index is 11.9. The second kappa shape index (κ2) is 9.24. The minimum atomic E-state index is -0.102. The van der Waals surface area contributed by atoms with E-state index in [-0.39, 0.29) is 11.3 Å². The summed E-state index contributed by atoms with van der Waals surface area (Å²) in [5, 5.41) is 4.93. The van der Waals surface area contributed by atoms with Gasteiger partial charge in [-0.1, -0.05) is 68.8 Å². The number of thioether (sulfide) groups is 1. The lowest BCUT2D eigenvalue weighted by Crippen LogP contribution is -2.21. The van der Waals surface area contributed by atoms with E-state index in [9.17, 15) is 4.79 Å². The monoisotopic (exact) mass is 388 g/mol. The van der Waals surface area contributed by atoms with E-state index in [1.165, 1.54) is 5.56 Å². The Morgan fingerprint density at radius 3 is 2.27 bits per heavy atom. The second-order valence-corrected chi connectivity index (χ2v) is 8.60. The predicted octanol–water partition coefficient (Wildman–Crippen LogP) is 5.41. The zero-order chi connectivity index (χ0) is 19.2. The molecule has 0 unspecified atom stereocenters. The van der Waals surface area contributed by atoms with Crippen LogP contribution in [0.4, 0.5) is 0 Å². The van der Waals surface area contributed by atoms with Crippen LogP contribution < -0.4 is 5.43 Å². The van der Waals surface area contributed by atoms with Gasteiger partial charge in [0.05, 0.1) is 11.5 Å². The van der Waals surface area contributed by atoms with E-state index in [4.69, 9.17) is 11.6 Å². The van der Waals surface area contributed by atoms with Crippen molar-refractivity contribution < 1.29 is 4.79 Å². The van der Waals surface area contributed by atoms with Crippen LogP contribution in [0.2, 0.25) is 5.02 Å². The van der Waals surface area contributed by atoms with Crippen LogP contribution in [0.5, 0.6) is 0 Å². The summed E-state index contributed by atoms with van der Waals surface area (Å²) in [4.78, 5) is 11.9. The van der Waals surface area contributed by atoms with Gasteiger partial charge in [0.1, 0.15) is 0 Å². The Labute approximate surface area is 165 Å². The van der Waals surface area contributed by atoms with Crippen molar-refractivity contribution in [2.24, 2.45) is 5.10 Å². The molecule has 0 spiro atoms. The number of hydrogen-bond donors (Lipinski definition) is 1. The highest BCUT2D eigenvalue weighted by Crippen LogP contribution is 2.22. The van der Waals surface area contributed by atoms with Crippen LogP contribution in [-0.4, -0.2) is 17.4 Å². The fourth-order valence-electron chi connectivity index (χ4n) is 2.30. The number of rotatable bonds is 6. The topological polar surface area (TPSA) is 41.5 Å². The van der Waals surface area contributed by atoms with Crippen LogP contribution in [0.25, 0.3) is 0 Å². The zero-order valence-corrected chi connectivity index (χ0v) is 17.2. The van der Waals surface area contributed by atoms with Crippen molar-refractivity contribution in [3.63, 3.8) is 0 Å². The number of benzene rings is 2. The highest BCUT2D eigenvalue weighted by Gasteiger charge is 2.13. The van der Waals surface area contributed by atoms with Crippen molar-refractivity contribution >= 4 is 35.0 Å². The molecule has 3 nitrogen and oxygen atoms in total. The van der Waals surface area contributed by atoms with Crippen molar-refractivity contribution in [2.75, 3.05) is 5.75 Å². The maximum absolute atomic E-state index is 11.9. The highest BCUT2D eigenvalue weighted by atomic mass is 35.5. The van der Waals surface area contributed by atoms with Gasteiger partial charge in [-0.25, -0.2) is 5.43 Å². The van der Waals surface area contributed by atoms with Gasteiger partial charge in [0.25, 0.3) is 0 Å². The highest BCUT2D eigenvalue weighted by molar-refractivity contribution is 7.99. The molecule has 26 heavy (non-hydrogen) atoms. The maximum Gasteiger partial charge on any atom is 0.250 e. The summed E-state index contributed by atoms with van der Waals surface area (Å²) in [6, 6.07) is 16.0. The first-order chi connectivity index (χ1) is 12.3. The van der Waals surface area contributed by atoms with Crippen molar-refractivity contribution in [1.29, 1.82) is 0 Å². The number of hydrogen-bond acceptors (Lipinski definition) is 3. The van der Waals surface area contributed by atoms with E-state index in [0.717, 1.165) is 27.6 Å². The van der Waals surface area contributed by atoms with Gasteiger partial charge in [-0.15, -0.1) is 11.8 Å². The van der Waals surface area contributed by atoms with Crippen molar-refractivity contribution in [3.05, 3.63) is 70.2 Å². The third kappa shape index (κ3) is 6.50. The molecular weight excluding hydrogens is 364 g/mol. The van der Waals surface area contributed by atoms with Gasteiger partial charge >= 0.3 is 0 Å². The molecule has 1 N–H and O–H groups in total. The molecule has 0 saturated heterocycles. The first-order valence-electron chi connectivity index (χ1n) is 8.52. The normalized spacial score (nSPS) is 12.1. The van der Waals surface area contributed by atoms with E-state index in [0.29, 0.717) is 5.75 Å². The van der Waals surface area contributed by atoms with E-state index < -0.39 is 0 Å². The Kier molecular flexibility index (Phi) is 7.30. The van der Waals surface area contributed by atoms with Crippen LogP contribution in [0, 0.1) is 0 Å². The van der Waals surface area contributed by atoms with Crippen LogP contribution >= 0.6 is 23.4 Å². The summed E-state index contributed by atoms with van der Waals surface area (Å²) in [6.45, 7) is 8.45. The molecule has 138 valence electrons. The lowest BCUT2D eigenvalue weighted by atomic mass is 9.86. The third-order valence-electron chi connectivity index (χ3n) is 3.93. The first kappa shape index (κ1) is 20.5. The average molecular weight is 389 g/mol. The molecule has 0 fully saturated rings. The van der Waals surface area contributed by atoms with E-state index in [1.54, 1.807) is 11.8 Å². The summed E-state index contributed by atoms with van der Waals surface area (Å²) >= 11 is 7.41. The SMILES string of the molecule is C/C(=N\NC(=O)CSCc1ccc(Cl)cc1)c1ccc(C(C)(C)C)cc1. The summed E-state index contributed by atoms with van der Waals surface area (Å²) in [7, 11) is 0. The summed E-state index contributed by atoms with van der Waals surface area (Å²) < 4.78 is 0. The molecule has 1 amide bonds. The largest absolute Gasteiger partial charge is 0.272 e. The van der Waals surface area contributed by atoms with Crippen molar-refractivity contribution in [1.82, 2.24) is 5.43 Å². The van der Waals surface area contributed by atoms with E-state index in [2.05, 4.69) is 43.4 Å². The Hall–Kier alpha value is -1.78. The van der Waals surface area contributed by atoms with Crippen LogP contribution in [0.3, 0.4) is 0 Å². The molecule has 0 atom stereocenters. The van der Waals surface area contributed by atoms with Crippen LogP contribution in [-0.2, 0) is 16.0 Å². The summed E-state index contributed by atoms with van der Waals surface area (Å²) in [5.41, 5.74) is 6.97. The van der Waals surface area contributed by atoms with Gasteiger partial charge < -0.3 is 0 Å². The Morgan fingerprint density at radius 2 is 1.69 bits per heavy atom. The van der Waals surface area contributed by atoms with Crippen molar-refractivity contribution in [2.45, 2.75) is 38.9 Å². The molecular formula is C21H25ClN2OS. The molecule has 0 saturated carbocycles. The van der Waals surface area contributed by atoms with E-state index >= 15 is 0 Å². The lowest BCUT2D eigenvalue weighted by molar-refractivity contribution is -0.118. The predicted molar refractivity (Wildman–Crippen MR) is 113 cm³/mol. The fraction of sp³-hybridized carbons (Fsp3) is 0.333. The smallest absolute Gasteiger partial charge is 0.250 e. The molecule has 0 aromatic heterocycles. The van der Waals surface area contributed by atoms with Crippen molar-refractivity contribution in [3.8, 4) is 0 Å². The number of halogens is 1. The Bertz CT molecular complexity index is 762. The molecule has 2 aromatic carbocycles. The molecule has 2 aromatic rings. The summed E-state index contributed by atoms with van der Waals surface area (Å²) in [6.07, 6.45) is 0. The molecule has 0 heterocycles. The van der Waals surface area contributed by atoms with Gasteiger partial charge in [-0.3, -0.25) is 4.79 Å². The molecule has 5 heteroatoms. The molecule has 0 bridgehead atoms. The van der Waals surface area contributed by atoms with Crippen LogP contribution in [0.15, 0.2) is 53.6 Å². The number of carbonyl (C=O) groups excluding carboxylic acids is 1. The van der Waals surface area contributed by atoms with Gasteiger partial charge in [-0.2, -0.15) is 5.10 Å². The minimum Gasteiger partial charge on any atom is -0.272 e. The number of nitrogens with one attached hydrogen (secondary N) is 1. The Morgan fingerprint density at radius 1 is 1.08 bits per heavy atom. The molecule has 0 aliphatic carbocycles. The Balaban J connectivity index is 1.82. The van der Waals surface area contributed by atoms with Gasteiger partial charge in [0, 0.05) is 10.8 Å². The third-order valence-corrected chi connectivity index (χ3v) is 5.19. The quantitative estimate of drug-likeness (QED) is 0.530. The van der Waals surface area contributed by atoms with E-state index in [1.807, 2.05) is 43.3 Å². The number of carbonyl (C=O) groups is 1. The molecule has 0 aliphatic heterocycles. The molecule has 0 radical (unpaired) electrons. The van der Waals surface area contributed by atoms with Crippen LogP contribution in [0.1, 0.15) is 44.4 Å². The number of hydrazone groups is 1. The van der Waals surface area contributed by atoms with Gasteiger partial charge in [0.2, 0.25) is 5.91 Å². The lowest BCUT2D eigenvalue weighted by Gasteiger charge is -2.19. The second-order valence-electron chi connectivity index (χ2n) is 7.18.